The van der Waals surface area contributed by atoms with Crippen molar-refractivity contribution < 1.29 is 9.47 Å². The number of nitrogens with zero attached hydrogens (tertiary/aromatic N) is 2. The van der Waals surface area contributed by atoms with E-state index >= 15 is 0 Å². The van der Waals surface area contributed by atoms with Gasteiger partial charge in [0.05, 0.1) is 13.3 Å². The van der Waals surface area contributed by atoms with Crippen molar-refractivity contribution in [2.45, 2.75) is 12.8 Å². The first kappa shape index (κ1) is 12.8. The third-order valence-electron chi connectivity index (χ3n) is 3.48. The summed E-state index contributed by atoms with van der Waals surface area (Å²) in [5.41, 5.74) is 1.19. The first-order chi connectivity index (χ1) is 9.86. The van der Waals surface area contributed by atoms with Gasteiger partial charge in [0.1, 0.15) is 5.75 Å². The number of benzene rings is 1. The van der Waals surface area contributed by atoms with Gasteiger partial charge >= 0.3 is 0 Å². The molecule has 0 bridgehead atoms. The summed E-state index contributed by atoms with van der Waals surface area (Å²) >= 11 is 0. The maximum absolute atomic E-state index is 5.81. The van der Waals surface area contributed by atoms with Gasteiger partial charge in [0.25, 0.3) is 0 Å². The van der Waals surface area contributed by atoms with Gasteiger partial charge in [-0.1, -0.05) is 0 Å². The average molecular weight is 270 g/mol. The van der Waals surface area contributed by atoms with E-state index in [-0.39, 0.29) is 0 Å². The topological polar surface area (TPSA) is 34.6 Å². The van der Waals surface area contributed by atoms with Crippen molar-refractivity contribution in [3.05, 3.63) is 42.7 Å². The summed E-state index contributed by atoms with van der Waals surface area (Å²) < 4.78 is 11.3. The Morgan fingerprint density at radius 3 is 2.65 bits per heavy atom. The highest BCUT2D eigenvalue weighted by Crippen LogP contribution is 2.35. The van der Waals surface area contributed by atoms with Crippen molar-refractivity contribution in [2.75, 3.05) is 25.1 Å². The molecule has 0 amide bonds. The van der Waals surface area contributed by atoms with Crippen LogP contribution in [0, 0.1) is 0 Å². The van der Waals surface area contributed by atoms with Crippen LogP contribution in [0.3, 0.4) is 0 Å². The molecule has 1 aliphatic rings. The van der Waals surface area contributed by atoms with Gasteiger partial charge in [-0.3, -0.25) is 4.98 Å². The smallest absolute Gasteiger partial charge is 0.169 e. The highest BCUT2D eigenvalue weighted by atomic mass is 16.5. The lowest BCUT2D eigenvalue weighted by Gasteiger charge is -2.19. The zero-order valence-electron chi connectivity index (χ0n) is 11.6. The van der Waals surface area contributed by atoms with E-state index in [1.165, 1.54) is 18.5 Å². The Morgan fingerprint density at radius 2 is 1.95 bits per heavy atom. The van der Waals surface area contributed by atoms with Crippen LogP contribution in [0.15, 0.2) is 42.7 Å². The molecule has 0 aliphatic carbocycles. The number of ether oxygens (including phenoxy) is 2. The second-order valence-corrected chi connectivity index (χ2v) is 4.82. The minimum atomic E-state index is 0.708. The van der Waals surface area contributed by atoms with Crippen LogP contribution in [-0.2, 0) is 0 Å². The molecule has 0 unspecified atom stereocenters. The molecular weight excluding hydrogens is 252 g/mol. The molecule has 0 radical (unpaired) electrons. The van der Waals surface area contributed by atoms with Crippen molar-refractivity contribution in [1.29, 1.82) is 0 Å². The summed E-state index contributed by atoms with van der Waals surface area (Å²) in [5, 5.41) is 0. The van der Waals surface area contributed by atoms with Crippen molar-refractivity contribution in [2.24, 2.45) is 0 Å². The molecule has 4 nitrogen and oxygen atoms in total. The zero-order chi connectivity index (χ0) is 13.8. The number of rotatable bonds is 4. The Morgan fingerprint density at radius 1 is 1.10 bits per heavy atom. The van der Waals surface area contributed by atoms with Gasteiger partial charge in [-0.2, -0.15) is 0 Å². The third-order valence-corrected chi connectivity index (χ3v) is 3.48. The fraction of sp³-hybridized carbons (Fsp3) is 0.312. The molecule has 2 heterocycles. The molecule has 1 aliphatic heterocycles. The van der Waals surface area contributed by atoms with Crippen LogP contribution in [0.5, 0.6) is 17.2 Å². The van der Waals surface area contributed by atoms with Crippen LogP contribution in [0.4, 0.5) is 5.69 Å². The largest absolute Gasteiger partial charge is 0.493 e. The second-order valence-electron chi connectivity index (χ2n) is 4.82. The van der Waals surface area contributed by atoms with E-state index in [9.17, 15) is 0 Å². The molecule has 0 N–H and O–H groups in total. The number of methoxy groups -OCH3 is 1. The number of hydrogen-bond donors (Lipinski definition) is 0. The van der Waals surface area contributed by atoms with E-state index in [2.05, 4.69) is 16.0 Å². The minimum Gasteiger partial charge on any atom is -0.493 e. The summed E-state index contributed by atoms with van der Waals surface area (Å²) in [6.07, 6.45) is 5.93. The molecule has 1 aromatic heterocycles. The van der Waals surface area contributed by atoms with E-state index in [4.69, 9.17) is 9.47 Å². The Hall–Kier alpha value is -2.23. The SMILES string of the molecule is COc1cc(N2CCCC2)ccc1Oc1cccnc1. The van der Waals surface area contributed by atoms with Crippen LogP contribution in [0.2, 0.25) is 0 Å². The third kappa shape index (κ3) is 2.69. The molecule has 1 aromatic carbocycles. The fourth-order valence-corrected chi connectivity index (χ4v) is 2.45. The molecule has 0 spiro atoms. The molecule has 0 atom stereocenters. The Kier molecular flexibility index (Phi) is 3.72. The summed E-state index contributed by atoms with van der Waals surface area (Å²) in [6.45, 7) is 2.23. The Labute approximate surface area is 119 Å². The molecule has 1 saturated heterocycles. The summed E-state index contributed by atoms with van der Waals surface area (Å²) in [6, 6.07) is 9.80. The first-order valence-electron chi connectivity index (χ1n) is 6.88. The predicted molar refractivity (Wildman–Crippen MR) is 78.8 cm³/mol. The molecule has 0 saturated carbocycles. The lowest BCUT2D eigenvalue weighted by atomic mass is 10.2. The summed E-state index contributed by atoms with van der Waals surface area (Å²) in [7, 11) is 1.67. The molecule has 104 valence electrons. The highest BCUT2D eigenvalue weighted by Gasteiger charge is 2.15. The van der Waals surface area contributed by atoms with Gasteiger partial charge in [0.15, 0.2) is 11.5 Å². The molecular formula is C16H18N2O2. The Balaban J connectivity index is 1.84. The van der Waals surface area contributed by atoms with E-state index in [1.54, 1.807) is 19.5 Å². The van der Waals surface area contributed by atoms with Crippen LogP contribution >= 0.6 is 0 Å². The molecule has 2 aromatic rings. The summed E-state index contributed by atoms with van der Waals surface area (Å²) in [5.74, 6) is 2.17. The average Bonchev–Trinajstić information content (AvgIpc) is 3.03. The van der Waals surface area contributed by atoms with Crippen LogP contribution in [0.1, 0.15) is 12.8 Å². The molecule has 3 rings (SSSR count). The van der Waals surface area contributed by atoms with E-state index in [1.807, 2.05) is 24.3 Å². The molecule has 20 heavy (non-hydrogen) atoms. The number of hydrogen-bond acceptors (Lipinski definition) is 4. The number of pyridine rings is 1. The maximum atomic E-state index is 5.81. The van der Waals surface area contributed by atoms with E-state index < -0.39 is 0 Å². The zero-order valence-corrected chi connectivity index (χ0v) is 11.6. The van der Waals surface area contributed by atoms with Crippen molar-refractivity contribution in [3.63, 3.8) is 0 Å². The quantitative estimate of drug-likeness (QED) is 0.852. The van der Waals surface area contributed by atoms with Crippen LogP contribution in [0.25, 0.3) is 0 Å². The highest BCUT2D eigenvalue weighted by molar-refractivity contribution is 5.57. The standard InChI is InChI=1S/C16H18N2O2/c1-19-16-11-13(18-9-2-3-10-18)6-7-15(16)20-14-5-4-8-17-12-14/h4-8,11-12H,2-3,9-10H2,1H3. The second kappa shape index (κ2) is 5.82. The monoisotopic (exact) mass is 270 g/mol. The van der Waals surface area contributed by atoms with Gasteiger partial charge in [-0.15, -0.1) is 0 Å². The van der Waals surface area contributed by atoms with Crippen LogP contribution < -0.4 is 14.4 Å². The maximum Gasteiger partial charge on any atom is 0.169 e. The van der Waals surface area contributed by atoms with Gasteiger partial charge in [0.2, 0.25) is 0 Å². The molecule has 4 heteroatoms. The Bertz CT molecular complexity index is 566. The molecule has 1 fully saturated rings. The van der Waals surface area contributed by atoms with Gasteiger partial charge in [-0.25, -0.2) is 0 Å². The number of anilines is 1. The normalized spacial score (nSPS) is 14.3. The van der Waals surface area contributed by atoms with Gasteiger partial charge in [0, 0.05) is 31.0 Å². The first-order valence-corrected chi connectivity index (χ1v) is 6.88. The van der Waals surface area contributed by atoms with Crippen molar-refractivity contribution in [1.82, 2.24) is 4.98 Å². The lowest BCUT2D eigenvalue weighted by molar-refractivity contribution is 0.378. The van der Waals surface area contributed by atoms with Crippen molar-refractivity contribution in [3.8, 4) is 17.2 Å². The minimum absolute atomic E-state index is 0.708. The van der Waals surface area contributed by atoms with E-state index in [0.717, 1.165) is 18.8 Å². The van der Waals surface area contributed by atoms with Gasteiger partial charge in [-0.05, 0) is 37.1 Å². The summed E-state index contributed by atoms with van der Waals surface area (Å²) in [4.78, 5) is 6.41. The van der Waals surface area contributed by atoms with Crippen molar-refractivity contribution >= 4 is 5.69 Å². The lowest BCUT2D eigenvalue weighted by Crippen LogP contribution is -2.17. The van der Waals surface area contributed by atoms with Crippen LogP contribution in [-0.4, -0.2) is 25.2 Å². The van der Waals surface area contributed by atoms with E-state index in [0.29, 0.717) is 11.5 Å². The predicted octanol–water partition coefficient (Wildman–Crippen LogP) is 3.48. The number of aromatic nitrogens is 1. The fourth-order valence-electron chi connectivity index (χ4n) is 2.45. The van der Waals surface area contributed by atoms with Gasteiger partial charge < -0.3 is 14.4 Å².